The average molecular weight is 393 g/mol. The lowest BCUT2D eigenvalue weighted by Crippen LogP contribution is -2.50. The Balaban J connectivity index is 1.94. The molecule has 1 aliphatic heterocycles. The van der Waals surface area contributed by atoms with Crippen LogP contribution in [0.15, 0.2) is 42.5 Å². The summed E-state index contributed by atoms with van der Waals surface area (Å²) in [6, 6.07) is 10.6. The first-order valence-corrected chi connectivity index (χ1v) is 9.07. The van der Waals surface area contributed by atoms with Crippen molar-refractivity contribution in [1.29, 1.82) is 0 Å². The molecule has 0 spiro atoms. The standard InChI is InChI=1S/C21H22F3NO3/c1-13(2)12-28-19-7-6-16(21(22,23)24)9-18(19)14-4-3-5-17(8-14)25-10-15(11-25)20(26)27/h3-9,13,15H,10-12H2,1-2H3,(H,26,27). The van der Waals surface area contributed by atoms with Crippen LogP contribution in [-0.2, 0) is 11.0 Å². The maximum Gasteiger partial charge on any atom is 0.416 e. The van der Waals surface area contributed by atoms with E-state index < -0.39 is 23.6 Å². The normalized spacial score (nSPS) is 14.9. The Bertz CT molecular complexity index is 858. The van der Waals surface area contributed by atoms with Crippen LogP contribution in [0.1, 0.15) is 19.4 Å². The zero-order chi connectivity index (χ0) is 20.5. The molecule has 1 saturated heterocycles. The van der Waals surface area contributed by atoms with E-state index in [1.807, 2.05) is 24.8 Å². The number of halogens is 3. The fourth-order valence-electron chi connectivity index (χ4n) is 3.03. The predicted molar refractivity (Wildman–Crippen MR) is 101 cm³/mol. The van der Waals surface area contributed by atoms with E-state index in [2.05, 4.69) is 0 Å². The molecule has 7 heteroatoms. The van der Waals surface area contributed by atoms with E-state index in [4.69, 9.17) is 9.84 Å². The highest BCUT2D eigenvalue weighted by Gasteiger charge is 2.33. The number of carboxylic acids is 1. The number of hydrogen-bond donors (Lipinski definition) is 1. The summed E-state index contributed by atoms with van der Waals surface area (Å²) in [4.78, 5) is 12.9. The van der Waals surface area contributed by atoms with Crippen molar-refractivity contribution in [2.75, 3.05) is 24.6 Å². The molecule has 2 aromatic carbocycles. The molecule has 0 bridgehead atoms. The van der Waals surface area contributed by atoms with Gasteiger partial charge in [0.25, 0.3) is 0 Å². The highest BCUT2D eigenvalue weighted by molar-refractivity contribution is 5.77. The fourth-order valence-corrected chi connectivity index (χ4v) is 3.03. The summed E-state index contributed by atoms with van der Waals surface area (Å²) in [5, 5.41) is 9.03. The van der Waals surface area contributed by atoms with Crippen molar-refractivity contribution in [3.63, 3.8) is 0 Å². The fraction of sp³-hybridized carbons (Fsp3) is 0.381. The Labute approximate surface area is 161 Å². The summed E-state index contributed by atoms with van der Waals surface area (Å²) < 4.78 is 45.4. The number of benzene rings is 2. The third-order valence-electron chi connectivity index (χ3n) is 4.63. The Hall–Kier alpha value is -2.70. The zero-order valence-corrected chi connectivity index (χ0v) is 15.7. The van der Waals surface area contributed by atoms with Crippen molar-refractivity contribution in [2.45, 2.75) is 20.0 Å². The topological polar surface area (TPSA) is 49.8 Å². The van der Waals surface area contributed by atoms with Crippen LogP contribution in [0.3, 0.4) is 0 Å². The van der Waals surface area contributed by atoms with Gasteiger partial charge in [-0.15, -0.1) is 0 Å². The van der Waals surface area contributed by atoms with Crippen LogP contribution < -0.4 is 9.64 Å². The Morgan fingerprint density at radius 3 is 2.54 bits per heavy atom. The number of anilines is 1. The number of nitrogens with zero attached hydrogens (tertiary/aromatic N) is 1. The minimum Gasteiger partial charge on any atom is -0.493 e. The molecule has 0 aliphatic carbocycles. The Morgan fingerprint density at radius 1 is 1.21 bits per heavy atom. The minimum absolute atomic E-state index is 0.232. The molecule has 0 radical (unpaired) electrons. The largest absolute Gasteiger partial charge is 0.493 e. The summed E-state index contributed by atoms with van der Waals surface area (Å²) in [6.45, 7) is 5.10. The number of aliphatic carboxylic acids is 1. The van der Waals surface area contributed by atoms with Crippen LogP contribution in [0.5, 0.6) is 5.75 Å². The van der Waals surface area contributed by atoms with Gasteiger partial charge in [0.1, 0.15) is 5.75 Å². The number of ether oxygens (including phenoxy) is 1. The van der Waals surface area contributed by atoms with Crippen LogP contribution in [0, 0.1) is 11.8 Å². The molecular weight excluding hydrogens is 371 g/mol. The van der Waals surface area contributed by atoms with Gasteiger partial charge in [0.05, 0.1) is 18.1 Å². The minimum atomic E-state index is -4.45. The number of alkyl halides is 3. The second-order valence-corrected chi connectivity index (χ2v) is 7.40. The SMILES string of the molecule is CC(C)COc1ccc(C(F)(F)F)cc1-c1cccc(N2CC(C(=O)O)C2)c1. The maximum atomic E-state index is 13.2. The van der Waals surface area contributed by atoms with Gasteiger partial charge in [-0.3, -0.25) is 4.79 Å². The third kappa shape index (κ3) is 4.40. The summed E-state index contributed by atoms with van der Waals surface area (Å²) in [6.07, 6.45) is -4.45. The smallest absolute Gasteiger partial charge is 0.416 e. The van der Waals surface area contributed by atoms with Crippen LogP contribution >= 0.6 is 0 Å². The summed E-state index contributed by atoms with van der Waals surface area (Å²) >= 11 is 0. The molecule has 3 rings (SSSR count). The van der Waals surface area contributed by atoms with E-state index in [0.717, 1.165) is 17.8 Å². The Morgan fingerprint density at radius 2 is 1.93 bits per heavy atom. The van der Waals surface area contributed by atoms with Gasteiger partial charge in [0.2, 0.25) is 0 Å². The first-order chi connectivity index (χ1) is 13.1. The molecule has 1 N–H and O–H groups in total. The second kappa shape index (κ2) is 7.73. The molecule has 28 heavy (non-hydrogen) atoms. The third-order valence-corrected chi connectivity index (χ3v) is 4.63. The molecule has 0 aromatic heterocycles. The molecule has 1 aliphatic rings. The van der Waals surface area contributed by atoms with Crippen LogP contribution in [0.25, 0.3) is 11.1 Å². The van der Waals surface area contributed by atoms with Gasteiger partial charge in [-0.25, -0.2) is 0 Å². The molecule has 4 nitrogen and oxygen atoms in total. The van der Waals surface area contributed by atoms with Crippen LogP contribution in [-0.4, -0.2) is 30.8 Å². The molecule has 2 aromatic rings. The monoisotopic (exact) mass is 393 g/mol. The first kappa shape index (κ1) is 20.0. The Kier molecular flexibility index (Phi) is 5.54. The zero-order valence-electron chi connectivity index (χ0n) is 15.7. The summed E-state index contributed by atoms with van der Waals surface area (Å²) in [5.74, 6) is -0.627. The van der Waals surface area contributed by atoms with Crippen molar-refractivity contribution in [3.05, 3.63) is 48.0 Å². The second-order valence-electron chi connectivity index (χ2n) is 7.40. The highest BCUT2D eigenvalue weighted by atomic mass is 19.4. The summed E-state index contributed by atoms with van der Waals surface area (Å²) in [5.41, 5.74) is 1.01. The molecular formula is C21H22F3NO3. The van der Waals surface area contributed by atoms with Gasteiger partial charge in [-0.2, -0.15) is 13.2 Å². The van der Waals surface area contributed by atoms with Gasteiger partial charge < -0.3 is 14.7 Å². The molecule has 150 valence electrons. The number of rotatable bonds is 6. The van der Waals surface area contributed by atoms with Crippen molar-refractivity contribution < 1.29 is 27.8 Å². The lowest BCUT2D eigenvalue weighted by molar-refractivity contribution is -0.142. The van der Waals surface area contributed by atoms with E-state index >= 15 is 0 Å². The molecule has 0 atom stereocenters. The summed E-state index contributed by atoms with van der Waals surface area (Å²) in [7, 11) is 0. The molecule has 0 saturated carbocycles. The van der Waals surface area contributed by atoms with E-state index in [1.165, 1.54) is 6.07 Å². The van der Waals surface area contributed by atoms with Gasteiger partial charge in [0.15, 0.2) is 0 Å². The van der Waals surface area contributed by atoms with E-state index in [9.17, 15) is 18.0 Å². The first-order valence-electron chi connectivity index (χ1n) is 9.07. The predicted octanol–water partition coefficient (Wildman–Crippen LogP) is 4.93. The quantitative estimate of drug-likeness (QED) is 0.756. The van der Waals surface area contributed by atoms with Gasteiger partial charge in [-0.05, 0) is 41.8 Å². The number of carbonyl (C=O) groups is 1. The van der Waals surface area contributed by atoms with E-state index in [0.29, 0.717) is 36.6 Å². The highest BCUT2D eigenvalue weighted by Crippen LogP contribution is 2.39. The number of hydrogen-bond acceptors (Lipinski definition) is 3. The lowest BCUT2D eigenvalue weighted by atomic mass is 9.97. The van der Waals surface area contributed by atoms with Crippen molar-refractivity contribution in [3.8, 4) is 16.9 Å². The van der Waals surface area contributed by atoms with Crippen LogP contribution in [0.2, 0.25) is 0 Å². The van der Waals surface area contributed by atoms with Crippen LogP contribution in [0.4, 0.5) is 18.9 Å². The van der Waals surface area contributed by atoms with Gasteiger partial charge in [-0.1, -0.05) is 26.0 Å². The molecule has 0 unspecified atom stereocenters. The number of carboxylic acid groups (broad SMARTS) is 1. The van der Waals surface area contributed by atoms with Crippen molar-refractivity contribution >= 4 is 11.7 Å². The molecule has 1 heterocycles. The van der Waals surface area contributed by atoms with Gasteiger partial charge in [0, 0.05) is 24.3 Å². The maximum absolute atomic E-state index is 13.2. The van der Waals surface area contributed by atoms with Gasteiger partial charge >= 0.3 is 12.1 Å². The van der Waals surface area contributed by atoms with Crippen molar-refractivity contribution in [2.24, 2.45) is 11.8 Å². The average Bonchev–Trinajstić information content (AvgIpc) is 2.57. The van der Waals surface area contributed by atoms with Crippen molar-refractivity contribution in [1.82, 2.24) is 0 Å². The van der Waals surface area contributed by atoms with E-state index in [-0.39, 0.29) is 5.92 Å². The molecule has 1 fully saturated rings. The lowest BCUT2D eigenvalue weighted by Gasteiger charge is -2.38. The van der Waals surface area contributed by atoms with E-state index in [1.54, 1.807) is 18.2 Å². The molecule has 0 amide bonds.